The molecular formula is C16H17F3N4O2. The van der Waals surface area contributed by atoms with Gasteiger partial charge in [0.15, 0.2) is 0 Å². The van der Waals surface area contributed by atoms with Crippen LogP contribution in [0.5, 0.6) is 0 Å². The molecule has 25 heavy (non-hydrogen) atoms. The van der Waals surface area contributed by atoms with E-state index >= 15 is 0 Å². The standard InChI is InChI=1S/C16H17F3N4O2/c1-15(2,3)25-14(24)23-7-10-4-5-20-12(6-10)11-8-21-13(22-9-11)16(17,18)19/h4-6,8-9H,7H2,1-3H3,(H,23,24). The Bertz CT molecular complexity index is 740. The fourth-order valence-corrected chi connectivity index (χ4v) is 1.84. The smallest absolute Gasteiger partial charge is 0.444 e. The van der Waals surface area contributed by atoms with Crippen molar-refractivity contribution >= 4 is 6.09 Å². The van der Waals surface area contributed by atoms with E-state index in [4.69, 9.17) is 4.74 Å². The summed E-state index contributed by atoms with van der Waals surface area (Å²) in [6.45, 7) is 5.44. The highest BCUT2D eigenvalue weighted by Gasteiger charge is 2.34. The average Bonchev–Trinajstić information content (AvgIpc) is 2.51. The Morgan fingerprint density at radius 3 is 2.36 bits per heavy atom. The van der Waals surface area contributed by atoms with Gasteiger partial charge in [0.05, 0.1) is 5.69 Å². The lowest BCUT2D eigenvalue weighted by molar-refractivity contribution is -0.144. The maximum Gasteiger partial charge on any atom is 0.451 e. The van der Waals surface area contributed by atoms with E-state index in [1.165, 1.54) is 6.20 Å². The SMILES string of the molecule is CC(C)(C)OC(=O)NCc1ccnc(-c2cnc(C(F)(F)F)nc2)c1. The topological polar surface area (TPSA) is 77.0 Å². The van der Waals surface area contributed by atoms with Gasteiger partial charge in [0.1, 0.15) is 5.60 Å². The largest absolute Gasteiger partial charge is 0.451 e. The molecule has 0 saturated heterocycles. The molecule has 0 aliphatic rings. The Labute approximate surface area is 142 Å². The van der Waals surface area contributed by atoms with E-state index < -0.39 is 23.7 Å². The molecule has 0 unspecified atom stereocenters. The molecule has 0 spiro atoms. The molecule has 0 aliphatic carbocycles. The van der Waals surface area contributed by atoms with Crippen molar-refractivity contribution in [3.8, 4) is 11.3 Å². The third-order valence-corrected chi connectivity index (χ3v) is 2.86. The number of alkyl halides is 3. The van der Waals surface area contributed by atoms with Gasteiger partial charge in [-0.15, -0.1) is 0 Å². The van der Waals surface area contributed by atoms with Gasteiger partial charge in [0, 0.05) is 30.7 Å². The number of carbonyl (C=O) groups is 1. The van der Waals surface area contributed by atoms with Crippen LogP contribution in [-0.2, 0) is 17.5 Å². The van der Waals surface area contributed by atoms with Crippen molar-refractivity contribution in [3.63, 3.8) is 0 Å². The van der Waals surface area contributed by atoms with Crippen LogP contribution >= 0.6 is 0 Å². The van der Waals surface area contributed by atoms with Crippen molar-refractivity contribution in [1.82, 2.24) is 20.3 Å². The number of amides is 1. The Balaban J connectivity index is 2.07. The van der Waals surface area contributed by atoms with Crippen LogP contribution in [-0.4, -0.2) is 26.6 Å². The number of halogens is 3. The number of hydrogen-bond acceptors (Lipinski definition) is 5. The first-order valence-corrected chi connectivity index (χ1v) is 7.36. The van der Waals surface area contributed by atoms with Gasteiger partial charge in [-0.1, -0.05) is 0 Å². The third kappa shape index (κ3) is 5.70. The van der Waals surface area contributed by atoms with Crippen LogP contribution in [0, 0.1) is 0 Å². The highest BCUT2D eigenvalue weighted by atomic mass is 19.4. The molecule has 6 nitrogen and oxygen atoms in total. The Kier molecular flexibility index (Phi) is 5.24. The predicted molar refractivity (Wildman–Crippen MR) is 83.3 cm³/mol. The van der Waals surface area contributed by atoms with Crippen molar-refractivity contribution in [2.24, 2.45) is 0 Å². The molecular weight excluding hydrogens is 337 g/mol. The normalized spacial score (nSPS) is 11.9. The zero-order valence-electron chi connectivity index (χ0n) is 13.9. The van der Waals surface area contributed by atoms with E-state index in [2.05, 4.69) is 20.3 Å². The van der Waals surface area contributed by atoms with Gasteiger partial charge in [-0.05, 0) is 38.5 Å². The molecule has 9 heteroatoms. The lowest BCUT2D eigenvalue weighted by Crippen LogP contribution is -2.32. The van der Waals surface area contributed by atoms with Gasteiger partial charge in [-0.3, -0.25) is 4.98 Å². The van der Waals surface area contributed by atoms with Crippen molar-refractivity contribution in [1.29, 1.82) is 0 Å². The van der Waals surface area contributed by atoms with E-state index in [-0.39, 0.29) is 6.54 Å². The minimum absolute atomic E-state index is 0.186. The summed E-state index contributed by atoms with van der Waals surface area (Å²) >= 11 is 0. The molecule has 2 aromatic rings. The third-order valence-electron chi connectivity index (χ3n) is 2.86. The first-order chi connectivity index (χ1) is 11.5. The maximum atomic E-state index is 12.5. The highest BCUT2D eigenvalue weighted by molar-refractivity contribution is 5.67. The molecule has 2 rings (SSSR count). The Hall–Kier alpha value is -2.71. The molecule has 0 aliphatic heterocycles. The second-order valence-corrected chi connectivity index (χ2v) is 6.20. The number of nitrogens with one attached hydrogen (secondary N) is 1. The van der Waals surface area contributed by atoms with Gasteiger partial charge >= 0.3 is 12.3 Å². The minimum atomic E-state index is -4.59. The van der Waals surface area contributed by atoms with Crippen LogP contribution in [0.4, 0.5) is 18.0 Å². The average molecular weight is 354 g/mol. The second kappa shape index (κ2) is 7.04. The van der Waals surface area contributed by atoms with Gasteiger partial charge < -0.3 is 10.1 Å². The molecule has 0 atom stereocenters. The zero-order valence-corrected chi connectivity index (χ0v) is 13.9. The quantitative estimate of drug-likeness (QED) is 0.912. The molecule has 2 heterocycles. The Morgan fingerprint density at radius 1 is 1.16 bits per heavy atom. The highest BCUT2D eigenvalue weighted by Crippen LogP contribution is 2.26. The van der Waals surface area contributed by atoms with E-state index in [1.807, 2.05) is 0 Å². The summed E-state index contributed by atoms with van der Waals surface area (Å²) in [6, 6.07) is 3.30. The van der Waals surface area contributed by atoms with Crippen molar-refractivity contribution in [2.75, 3.05) is 0 Å². The van der Waals surface area contributed by atoms with Gasteiger partial charge in [0.25, 0.3) is 0 Å². The van der Waals surface area contributed by atoms with E-state index in [0.717, 1.165) is 12.4 Å². The first kappa shape index (κ1) is 18.6. The molecule has 0 radical (unpaired) electrons. The van der Waals surface area contributed by atoms with Crippen LogP contribution in [0.3, 0.4) is 0 Å². The summed E-state index contributed by atoms with van der Waals surface area (Å²) < 4.78 is 42.6. The number of aromatic nitrogens is 3. The van der Waals surface area contributed by atoms with Crippen LogP contribution in [0.25, 0.3) is 11.3 Å². The molecule has 0 bridgehead atoms. The molecule has 1 N–H and O–H groups in total. The van der Waals surface area contributed by atoms with Crippen LogP contribution in [0.15, 0.2) is 30.7 Å². The maximum absolute atomic E-state index is 12.5. The fraction of sp³-hybridized carbons (Fsp3) is 0.375. The fourth-order valence-electron chi connectivity index (χ4n) is 1.84. The van der Waals surface area contributed by atoms with Crippen molar-refractivity contribution < 1.29 is 22.7 Å². The zero-order chi connectivity index (χ0) is 18.7. The summed E-state index contributed by atoms with van der Waals surface area (Å²) in [5.74, 6) is -1.21. The second-order valence-electron chi connectivity index (χ2n) is 6.20. The lowest BCUT2D eigenvalue weighted by Gasteiger charge is -2.19. The Morgan fingerprint density at radius 2 is 1.80 bits per heavy atom. The number of carbonyl (C=O) groups excluding carboxylic acids is 1. The number of ether oxygens (including phenoxy) is 1. The number of nitrogens with zero attached hydrogens (tertiary/aromatic N) is 3. The minimum Gasteiger partial charge on any atom is -0.444 e. The summed E-state index contributed by atoms with van der Waals surface area (Å²) in [6.07, 6.45) is -1.56. The number of rotatable bonds is 3. The van der Waals surface area contributed by atoms with Crippen LogP contribution < -0.4 is 5.32 Å². The van der Waals surface area contributed by atoms with Gasteiger partial charge in [-0.25, -0.2) is 14.8 Å². The van der Waals surface area contributed by atoms with E-state index in [1.54, 1.807) is 32.9 Å². The van der Waals surface area contributed by atoms with E-state index in [9.17, 15) is 18.0 Å². The number of alkyl carbamates (subject to hydrolysis) is 1. The predicted octanol–water partition coefficient (Wildman–Crippen LogP) is 3.58. The molecule has 134 valence electrons. The summed E-state index contributed by atoms with van der Waals surface area (Å²) in [5, 5.41) is 2.59. The number of pyridine rings is 1. The molecule has 1 amide bonds. The van der Waals surface area contributed by atoms with Crippen molar-refractivity contribution in [2.45, 2.75) is 39.1 Å². The molecule has 0 aromatic carbocycles. The van der Waals surface area contributed by atoms with Crippen LogP contribution in [0.1, 0.15) is 32.2 Å². The van der Waals surface area contributed by atoms with Crippen LogP contribution in [0.2, 0.25) is 0 Å². The summed E-state index contributed by atoms with van der Waals surface area (Å²) in [5.41, 5.74) is 0.838. The summed E-state index contributed by atoms with van der Waals surface area (Å²) in [7, 11) is 0. The van der Waals surface area contributed by atoms with Crippen molar-refractivity contribution in [3.05, 3.63) is 42.1 Å². The van der Waals surface area contributed by atoms with Gasteiger partial charge in [0.2, 0.25) is 5.82 Å². The molecule has 2 aromatic heterocycles. The van der Waals surface area contributed by atoms with E-state index in [0.29, 0.717) is 16.8 Å². The van der Waals surface area contributed by atoms with Gasteiger partial charge in [-0.2, -0.15) is 13.2 Å². The first-order valence-electron chi connectivity index (χ1n) is 7.36. The molecule has 0 saturated carbocycles. The number of hydrogen-bond donors (Lipinski definition) is 1. The molecule has 0 fully saturated rings. The monoisotopic (exact) mass is 354 g/mol. The lowest BCUT2D eigenvalue weighted by atomic mass is 10.1. The summed E-state index contributed by atoms with van der Waals surface area (Å²) in [4.78, 5) is 22.3.